The quantitative estimate of drug-likeness (QED) is 0.407. The lowest BCUT2D eigenvalue weighted by Gasteiger charge is -2.41. The van der Waals surface area contributed by atoms with Crippen LogP contribution in [0.1, 0.15) is 45.0 Å². The van der Waals surface area contributed by atoms with Gasteiger partial charge in [0.15, 0.2) is 5.78 Å². The second-order valence-electron chi connectivity index (χ2n) is 8.84. The summed E-state index contributed by atoms with van der Waals surface area (Å²) < 4.78 is 0. The van der Waals surface area contributed by atoms with Gasteiger partial charge in [0.05, 0.1) is 6.54 Å². The average molecular weight is 430 g/mol. The number of para-hydroxylation sites is 1. The molecular formula is C30H23NO2. The highest BCUT2D eigenvalue weighted by molar-refractivity contribution is 6.15. The molecule has 0 radical (unpaired) electrons. The molecule has 33 heavy (non-hydrogen) atoms. The first-order valence-electron chi connectivity index (χ1n) is 11.3. The highest BCUT2D eigenvalue weighted by Crippen LogP contribution is 2.58. The van der Waals surface area contributed by atoms with Crippen LogP contribution >= 0.6 is 0 Å². The maximum Gasteiger partial charge on any atom is 0.243 e. The number of benzene rings is 4. The molecule has 2 atom stereocenters. The lowest BCUT2D eigenvalue weighted by molar-refractivity contribution is -0.122. The molecule has 2 aliphatic rings. The minimum absolute atomic E-state index is 0.0429. The molecular weight excluding hydrogens is 406 g/mol. The Bertz CT molecular complexity index is 1360. The van der Waals surface area contributed by atoms with Crippen molar-refractivity contribution in [2.75, 3.05) is 4.90 Å². The Hall–Kier alpha value is -3.98. The number of rotatable bonds is 3. The Kier molecular flexibility index (Phi) is 4.51. The number of Topliss-reactive ketones (excluding diaryl/α,β-unsaturated/α-hetero) is 1. The lowest BCUT2D eigenvalue weighted by Crippen LogP contribution is -2.49. The first-order chi connectivity index (χ1) is 16.2. The largest absolute Gasteiger partial charge is 0.307 e. The zero-order valence-electron chi connectivity index (χ0n) is 18.1. The van der Waals surface area contributed by atoms with Gasteiger partial charge in [-0.15, -0.1) is 0 Å². The van der Waals surface area contributed by atoms with E-state index in [1.165, 1.54) is 0 Å². The lowest BCUT2D eigenvalue weighted by atomic mass is 9.58. The molecule has 0 aromatic heterocycles. The number of carbonyl (C=O) groups excluding carboxylic acids is 2. The molecule has 0 fully saturated rings. The molecule has 1 aliphatic carbocycles. The normalized spacial score (nSPS) is 21.2. The van der Waals surface area contributed by atoms with E-state index >= 15 is 0 Å². The SMILES string of the molecule is O=C1C[C@H](c2ccccc2)[C@@]2(C(=O)N(Cc3ccccc3)c3ccccc32)c2ccccc21. The monoisotopic (exact) mass is 429 g/mol. The van der Waals surface area contributed by atoms with Crippen molar-refractivity contribution in [2.24, 2.45) is 0 Å². The summed E-state index contributed by atoms with van der Waals surface area (Å²) in [4.78, 5) is 29.8. The predicted molar refractivity (Wildman–Crippen MR) is 129 cm³/mol. The van der Waals surface area contributed by atoms with Crippen LogP contribution < -0.4 is 4.90 Å². The molecule has 1 aliphatic heterocycles. The van der Waals surface area contributed by atoms with Crippen LogP contribution in [0.25, 0.3) is 0 Å². The van der Waals surface area contributed by atoms with Crippen molar-refractivity contribution in [1.82, 2.24) is 0 Å². The maximum absolute atomic E-state index is 14.6. The van der Waals surface area contributed by atoms with Crippen molar-refractivity contribution >= 4 is 17.4 Å². The van der Waals surface area contributed by atoms with Crippen molar-refractivity contribution in [3.05, 3.63) is 137 Å². The summed E-state index contributed by atoms with van der Waals surface area (Å²) in [6.07, 6.45) is 0.306. The zero-order valence-corrected chi connectivity index (χ0v) is 18.1. The van der Waals surface area contributed by atoms with Crippen LogP contribution in [0.3, 0.4) is 0 Å². The fraction of sp³-hybridized carbons (Fsp3) is 0.133. The van der Waals surface area contributed by atoms with E-state index in [0.29, 0.717) is 18.5 Å². The van der Waals surface area contributed by atoms with Crippen molar-refractivity contribution in [3.8, 4) is 0 Å². The topological polar surface area (TPSA) is 37.4 Å². The first kappa shape index (κ1) is 19.7. The first-order valence-corrected chi connectivity index (χ1v) is 11.3. The number of carbonyl (C=O) groups is 2. The third-order valence-corrected chi connectivity index (χ3v) is 7.15. The molecule has 0 saturated carbocycles. The number of nitrogens with zero attached hydrogens (tertiary/aromatic N) is 1. The number of ketones is 1. The Morgan fingerprint density at radius 3 is 2.06 bits per heavy atom. The molecule has 3 heteroatoms. The molecule has 3 nitrogen and oxygen atoms in total. The van der Waals surface area contributed by atoms with E-state index in [0.717, 1.165) is 27.9 Å². The van der Waals surface area contributed by atoms with Gasteiger partial charge in [-0.05, 0) is 28.3 Å². The van der Waals surface area contributed by atoms with E-state index in [4.69, 9.17) is 0 Å². The number of fused-ring (bicyclic) bond motifs is 4. The molecule has 0 unspecified atom stereocenters. The summed E-state index contributed by atoms with van der Waals surface area (Å²) in [5, 5.41) is 0. The molecule has 1 spiro atoms. The van der Waals surface area contributed by atoms with Crippen molar-refractivity contribution in [1.29, 1.82) is 0 Å². The van der Waals surface area contributed by atoms with Gasteiger partial charge in [0.2, 0.25) is 5.91 Å². The predicted octanol–water partition coefficient (Wildman–Crippen LogP) is 5.89. The van der Waals surface area contributed by atoms with E-state index in [9.17, 15) is 9.59 Å². The van der Waals surface area contributed by atoms with Crippen LogP contribution in [0, 0.1) is 0 Å². The van der Waals surface area contributed by atoms with Crippen molar-refractivity contribution in [2.45, 2.75) is 24.3 Å². The highest BCUT2D eigenvalue weighted by Gasteiger charge is 2.60. The molecule has 0 saturated heterocycles. The van der Waals surface area contributed by atoms with Crippen LogP contribution in [0.5, 0.6) is 0 Å². The van der Waals surface area contributed by atoms with Gasteiger partial charge in [-0.1, -0.05) is 103 Å². The summed E-state index contributed by atoms with van der Waals surface area (Å²) in [5.41, 5.74) is 4.56. The van der Waals surface area contributed by atoms with Gasteiger partial charge in [-0.2, -0.15) is 0 Å². The van der Waals surface area contributed by atoms with Crippen LogP contribution in [-0.2, 0) is 16.8 Å². The van der Waals surface area contributed by atoms with Gasteiger partial charge in [-0.3, -0.25) is 9.59 Å². The zero-order chi connectivity index (χ0) is 22.4. The van der Waals surface area contributed by atoms with Gasteiger partial charge in [0, 0.05) is 23.6 Å². The summed E-state index contributed by atoms with van der Waals surface area (Å²) >= 11 is 0. The van der Waals surface area contributed by atoms with Gasteiger partial charge < -0.3 is 4.90 Å². The van der Waals surface area contributed by atoms with Gasteiger partial charge >= 0.3 is 0 Å². The molecule has 6 rings (SSSR count). The summed E-state index contributed by atoms with van der Waals surface area (Å²) in [6, 6.07) is 35.9. The fourth-order valence-electron chi connectivity index (χ4n) is 5.76. The van der Waals surface area contributed by atoms with Crippen molar-refractivity contribution in [3.63, 3.8) is 0 Å². The van der Waals surface area contributed by atoms with Gasteiger partial charge in [0.1, 0.15) is 5.41 Å². The highest BCUT2D eigenvalue weighted by atomic mass is 16.2. The average Bonchev–Trinajstić information content (AvgIpc) is 3.11. The summed E-state index contributed by atoms with van der Waals surface area (Å²) in [5.74, 6) is -0.131. The van der Waals surface area contributed by atoms with E-state index in [1.807, 2.05) is 108 Å². The summed E-state index contributed by atoms with van der Waals surface area (Å²) in [7, 11) is 0. The second kappa shape index (κ2) is 7.56. The fourth-order valence-corrected chi connectivity index (χ4v) is 5.76. The Morgan fingerprint density at radius 2 is 1.30 bits per heavy atom. The van der Waals surface area contributed by atoms with E-state index in [-0.39, 0.29) is 17.6 Å². The molecule has 4 aromatic rings. The minimum Gasteiger partial charge on any atom is -0.307 e. The van der Waals surface area contributed by atoms with Crippen LogP contribution in [0.4, 0.5) is 5.69 Å². The molecule has 0 N–H and O–H groups in total. The second-order valence-corrected chi connectivity index (χ2v) is 8.84. The third kappa shape index (κ3) is 2.82. The van der Waals surface area contributed by atoms with Gasteiger partial charge in [0.25, 0.3) is 0 Å². The number of amides is 1. The number of hydrogen-bond donors (Lipinski definition) is 0. The Balaban J connectivity index is 1.63. The Labute approximate surface area is 193 Å². The van der Waals surface area contributed by atoms with Crippen LogP contribution in [0.2, 0.25) is 0 Å². The molecule has 1 amide bonds. The smallest absolute Gasteiger partial charge is 0.243 e. The maximum atomic E-state index is 14.6. The van der Waals surface area contributed by atoms with Crippen LogP contribution in [0.15, 0.2) is 109 Å². The number of hydrogen-bond acceptors (Lipinski definition) is 2. The summed E-state index contributed by atoms with van der Waals surface area (Å²) in [6.45, 7) is 0.496. The Morgan fingerprint density at radius 1 is 0.697 bits per heavy atom. The molecule has 4 aromatic carbocycles. The standard InChI is InChI=1S/C30H23NO2/c32-28-19-26(22-13-5-2-6-14-22)30(24-16-8-7-15-23(24)28)25-17-9-10-18-27(25)31(29(30)33)20-21-11-3-1-4-12-21/h1-18,26H,19-20H2/t26-,30-/m1/s1. The van der Waals surface area contributed by atoms with E-state index < -0.39 is 5.41 Å². The van der Waals surface area contributed by atoms with E-state index in [2.05, 4.69) is 6.07 Å². The van der Waals surface area contributed by atoms with Crippen LogP contribution in [-0.4, -0.2) is 11.7 Å². The molecule has 0 bridgehead atoms. The minimum atomic E-state index is -0.933. The third-order valence-electron chi connectivity index (χ3n) is 7.15. The number of anilines is 1. The van der Waals surface area contributed by atoms with E-state index in [1.54, 1.807) is 0 Å². The molecule has 1 heterocycles. The van der Waals surface area contributed by atoms with Gasteiger partial charge in [-0.25, -0.2) is 0 Å². The van der Waals surface area contributed by atoms with Crippen molar-refractivity contribution < 1.29 is 9.59 Å². The molecule has 160 valence electrons.